The fraction of sp³-hybridized carbons (Fsp3) is 0.571. The van der Waals surface area contributed by atoms with Crippen LogP contribution in [-0.4, -0.2) is 43.7 Å². The zero-order valence-electron chi connectivity index (χ0n) is 16.0. The first-order chi connectivity index (χ1) is 12.7. The van der Waals surface area contributed by atoms with Crippen LogP contribution in [0.4, 0.5) is 0 Å². The van der Waals surface area contributed by atoms with Crippen LogP contribution in [-0.2, 0) is 11.2 Å². The number of carbonyl (C=O) groups is 1. The minimum Gasteiger partial charge on any atom is -0.507 e. The third-order valence-corrected chi connectivity index (χ3v) is 5.53. The van der Waals surface area contributed by atoms with Gasteiger partial charge in [0, 0.05) is 23.0 Å². The molecule has 2 unspecified atom stereocenters. The van der Waals surface area contributed by atoms with Crippen molar-refractivity contribution < 1.29 is 30.3 Å². The smallest absolute Gasteiger partial charge is 0.331 e. The Balaban J connectivity index is 2.46. The lowest BCUT2D eigenvalue weighted by atomic mass is 9.69. The highest BCUT2D eigenvalue weighted by Crippen LogP contribution is 2.48. The minimum atomic E-state index is -1.47. The molecule has 6 nitrogen and oxygen atoms in total. The molecule has 150 valence electrons. The lowest BCUT2D eigenvalue weighted by Crippen LogP contribution is -2.42. The van der Waals surface area contributed by atoms with Gasteiger partial charge in [-0.2, -0.15) is 0 Å². The van der Waals surface area contributed by atoms with Gasteiger partial charge in [-0.3, -0.25) is 0 Å². The number of aliphatic hydroxyl groups excluding tert-OH is 1. The molecule has 1 aliphatic carbocycles. The van der Waals surface area contributed by atoms with Gasteiger partial charge in [-0.1, -0.05) is 25.8 Å². The number of benzene rings is 1. The molecule has 0 heterocycles. The van der Waals surface area contributed by atoms with Gasteiger partial charge < -0.3 is 25.5 Å². The number of aryl methyl sites for hydroxylation is 1. The molecule has 6 heteroatoms. The molecule has 0 saturated carbocycles. The molecule has 0 spiro atoms. The fourth-order valence-electron chi connectivity index (χ4n) is 3.93. The van der Waals surface area contributed by atoms with Gasteiger partial charge in [-0.25, -0.2) is 4.79 Å². The second kappa shape index (κ2) is 8.76. The molecule has 0 radical (unpaired) electrons. The summed E-state index contributed by atoms with van der Waals surface area (Å²) in [6, 6.07) is 3.19. The van der Waals surface area contributed by atoms with Crippen LogP contribution in [0.25, 0.3) is 0 Å². The zero-order chi connectivity index (χ0) is 20.2. The van der Waals surface area contributed by atoms with Crippen LogP contribution >= 0.6 is 0 Å². The first-order valence-corrected chi connectivity index (χ1v) is 9.53. The number of allylic oxidation sites excluding steroid dienone is 1. The largest absolute Gasteiger partial charge is 0.507 e. The zero-order valence-corrected chi connectivity index (χ0v) is 16.0. The summed E-state index contributed by atoms with van der Waals surface area (Å²) in [5.41, 5.74) is -0.280. The van der Waals surface area contributed by atoms with Gasteiger partial charge in [0.25, 0.3) is 0 Å². The number of carboxylic acid groups (broad SMARTS) is 1. The highest BCUT2D eigenvalue weighted by Gasteiger charge is 2.41. The maximum Gasteiger partial charge on any atom is 0.331 e. The molecule has 2 rings (SSSR count). The van der Waals surface area contributed by atoms with E-state index in [0.29, 0.717) is 6.42 Å². The summed E-state index contributed by atoms with van der Waals surface area (Å²) in [5, 5.41) is 50.7. The highest BCUT2D eigenvalue weighted by atomic mass is 16.4. The van der Waals surface area contributed by atoms with E-state index in [4.69, 9.17) is 0 Å². The van der Waals surface area contributed by atoms with E-state index in [0.717, 1.165) is 31.2 Å². The number of phenols is 2. The number of unbranched alkanes of at least 4 members (excludes halogenated alkanes) is 2. The van der Waals surface area contributed by atoms with E-state index in [2.05, 4.69) is 6.92 Å². The number of hydrogen-bond donors (Lipinski definition) is 5. The van der Waals surface area contributed by atoms with Crippen molar-refractivity contribution >= 4 is 5.97 Å². The molecule has 1 aromatic rings. The molecular formula is C21H30O6. The average Bonchev–Trinajstić information content (AvgIpc) is 2.61. The van der Waals surface area contributed by atoms with Crippen LogP contribution in [0.2, 0.25) is 0 Å². The van der Waals surface area contributed by atoms with Crippen molar-refractivity contribution in [3.63, 3.8) is 0 Å². The molecule has 27 heavy (non-hydrogen) atoms. The van der Waals surface area contributed by atoms with Crippen molar-refractivity contribution in [2.75, 3.05) is 6.61 Å². The lowest BCUT2D eigenvalue weighted by molar-refractivity contribution is -0.133. The Labute approximate surface area is 159 Å². The van der Waals surface area contributed by atoms with E-state index >= 15 is 0 Å². The first kappa shape index (κ1) is 21.3. The van der Waals surface area contributed by atoms with E-state index in [9.17, 15) is 30.3 Å². The molecule has 3 atom stereocenters. The van der Waals surface area contributed by atoms with E-state index in [1.807, 2.05) is 0 Å². The van der Waals surface area contributed by atoms with Gasteiger partial charge >= 0.3 is 5.97 Å². The summed E-state index contributed by atoms with van der Waals surface area (Å²) in [6.07, 6.45) is 5.86. The molecule has 0 amide bonds. The number of phenolic OH excluding ortho intramolecular Hbond substituents is 2. The predicted octanol–water partition coefficient (Wildman–Crippen LogP) is 3.08. The van der Waals surface area contributed by atoms with Crippen molar-refractivity contribution in [1.82, 2.24) is 0 Å². The Kier molecular flexibility index (Phi) is 6.89. The van der Waals surface area contributed by atoms with Crippen molar-refractivity contribution in [1.29, 1.82) is 0 Å². The Hall–Kier alpha value is -2.05. The number of carboxylic acids is 1. The van der Waals surface area contributed by atoms with Gasteiger partial charge in [-0.05, 0) is 50.3 Å². The second-order valence-corrected chi connectivity index (χ2v) is 7.69. The monoisotopic (exact) mass is 378 g/mol. The van der Waals surface area contributed by atoms with E-state index < -0.39 is 30.0 Å². The number of hydrogen-bond acceptors (Lipinski definition) is 5. The molecule has 1 aliphatic rings. The van der Waals surface area contributed by atoms with Crippen molar-refractivity contribution in [2.24, 2.45) is 5.92 Å². The molecular weight excluding hydrogens is 348 g/mol. The van der Waals surface area contributed by atoms with E-state index in [-0.39, 0.29) is 29.1 Å². The molecule has 0 fully saturated rings. The molecule has 0 aromatic heterocycles. The number of aliphatic carboxylic acids is 1. The second-order valence-electron chi connectivity index (χ2n) is 7.69. The van der Waals surface area contributed by atoms with Crippen LogP contribution in [0.15, 0.2) is 23.8 Å². The van der Waals surface area contributed by atoms with Crippen LogP contribution in [0.5, 0.6) is 11.5 Å². The normalized spacial score (nSPS) is 22.1. The average molecular weight is 378 g/mol. The van der Waals surface area contributed by atoms with Gasteiger partial charge in [0.1, 0.15) is 11.5 Å². The fourth-order valence-corrected chi connectivity index (χ4v) is 3.93. The maximum absolute atomic E-state index is 11.4. The summed E-state index contributed by atoms with van der Waals surface area (Å²) < 4.78 is 0. The van der Waals surface area contributed by atoms with Crippen molar-refractivity contribution in [3.8, 4) is 11.5 Å². The van der Waals surface area contributed by atoms with Gasteiger partial charge in [0.2, 0.25) is 0 Å². The maximum atomic E-state index is 11.4. The van der Waals surface area contributed by atoms with E-state index in [1.165, 1.54) is 13.0 Å². The lowest BCUT2D eigenvalue weighted by Gasteiger charge is -2.39. The van der Waals surface area contributed by atoms with Crippen molar-refractivity contribution in [3.05, 3.63) is 34.9 Å². The molecule has 0 aliphatic heterocycles. The SMILES string of the molecule is CCCCCc1cc(O)c(C2C=C(C(=O)O)CC[C@H]2C(C)(O)CO)c(O)c1. The summed E-state index contributed by atoms with van der Waals surface area (Å²) in [5.74, 6) is -2.54. The first-order valence-electron chi connectivity index (χ1n) is 9.53. The highest BCUT2D eigenvalue weighted by molar-refractivity contribution is 5.87. The van der Waals surface area contributed by atoms with Crippen LogP contribution in [0.1, 0.15) is 63.0 Å². The van der Waals surface area contributed by atoms with Crippen LogP contribution in [0.3, 0.4) is 0 Å². The Morgan fingerprint density at radius 1 is 1.22 bits per heavy atom. The number of rotatable bonds is 8. The number of aromatic hydroxyl groups is 2. The topological polar surface area (TPSA) is 118 Å². The Bertz CT molecular complexity index is 684. The molecule has 0 bridgehead atoms. The third kappa shape index (κ3) is 4.82. The minimum absolute atomic E-state index is 0.117. The van der Waals surface area contributed by atoms with Crippen LogP contribution in [0, 0.1) is 5.92 Å². The Morgan fingerprint density at radius 2 is 1.85 bits per heavy atom. The van der Waals surface area contributed by atoms with Crippen molar-refractivity contribution in [2.45, 2.75) is 63.9 Å². The number of aliphatic hydroxyl groups is 2. The summed E-state index contributed by atoms with van der Waals surface area (Å²) in [7, 11) is 0. The van der Waals surface area contributed by atoms with Gasteiger partial charge in [0.15, 0.2) is 0 Å². The quantitative estimate of drug-likeness (QED) is 0.444. The van der Waals surface area contributed by atoms with Gasteiger partial charge in [-0.15, -0.1) is 0 Å². The summed E-state index contributed by atoms with van der Waals surface area (Å²) in [4.78, 5) is 11.4. The standard InChI is InChI=1S/C21H30O6/c1-3-4-5-6-13-9-17(23)19(18(24)10-13)15-11-14(20(25)26)7-8-16(15)21(2,27)12-22/h9-11,15-16,22-24,27H,3-8,12H2,1-2H3,(H,25,26)/t15?,16-,21?/m1/s1. The van der Waals surface area contributed by atoms with Crippen LogP contribution < -0.4 is 0 Å². The third-order valence-electron chi connectivity index (χ3n) is 5.53. The molecule has 5 N–H and O–H groups in total. The Morgan fingerprint density at radius 3 is 2.37 bits per heavy atom. The van der Waals surface area contributed by atoms with E-state index in [1.54, 1.807) is 12.1 Å². The molecule has 0 saturated heterocycles. The summed E-state index contributed by atoms with van der Waals surface area (Å²) >= 11 is 0. The van der Waals surface area contributed by atoms with Gasteiger partial charge in [0.05, 0.1) is 12.2 Å². The predicted molar refractivity (Wildman–Crippen MR) is 102 cm³/mol. The molecule has 1 aromatic carbocycles. The summed E-state index contributed by atoms with van der Waals surface area (Å²) in [6.45, 7) is 3.08.